The number of aryl methyl sites for hydroxylation is 3. The molecule has 5 aromatic carbocycles. The number of benzene rings is 5. The van der Waals surface area contributed by atoms with Crippen molar-refractivity contribution in [1.29, 1.82) is 0 Å². The standard InChI is InChI=1S/C31H25NO2S/c1-20-13-15-25(16-14-20)35(33,34)32-27-12-8-7-11-26(27)31-28(32)19-24-18-21(2)17-22(3)29(24)30(31)23-9-5-4-6-10-23/h4-19H,1-3H3. The van der Waals surface area contributed by atoms with Crippen molar-refractivity contribution in [2.24, 2.45) is 0 Å². The highest BCUT2D eigenvalue weighted by Crippen LogP contribution is 2.44. The van der Waals surface area contributed by atoms with Gasteiger partial charge >= 0.3 is 0 Å². The number of hydrogen-bond acceptors (Lipinski definition) is 2. The van der Waals surface area contributed by atoms with Crippen molar-refractivity contribution < 1.29 is 8.42 Å². The first-order valence-electron chi connectivity index (χ1n) is 11.7. The summed E-state index contributed by atoms with van der Waals surface area (Å²) in [6, 6.07) is 31.6. The SMILES string of the molecule is Cc1ccc(S(=O)(=O)n2c3ccccc3c3c(-c4ccccc4)c4c(C)cc(C)cc4cc32)cc1. The Hall–Kier alpha value is -3.89. The third kappa shape index (κ3) is 3.28. The number of rotatable bonds is 3. The summed E-state index contributed by atoms with van der Waals surface area (Å²) >= 11 is 0. The van der Waals surface area contributed by atoms with Crippen LogP contribution in [0.1, 0.15) is 16.7 Å². The molecular weight excluding hydrogens is 450 g/mol. The van der Waals surface area contributed by atoms with Crippen LogP contribution < -0.4 is 0 Å². The van der Waals surface area contributed by atoms with Crippen molar-refractivity contribution in [2.75, 3.05) is 0 Å². The van der Waals surface area contributed by atoms with E-state index in [4.69, 9.17) is 0 Å². The van der Waals surface area contributed by atoms with E-state index in [1.165, 1.54) is 9.54 Å². The highest BCUT2D eigenvalue weighted by Gasteiger charge is 2.26. The smallest absolute Gasteiger partial charge is 0.233 e. The minimum Gasteiger partial charge on any atom is -0.233 e. The lowest BCUT2D eigenvalue weighted by Gasteiger charge is -2.15. The van der Waals surface area contributed by atoms with Gasteiger partial charge in [0.2, 0.25) is 0 Å². The summed E-state index contributed by atoms with van der Waals surface area (Å²) in [7, 11) is -3.84. The molecule has 1 heterocycles. The van der Waals surface area contributed by atoms with Gasteiger partial charge in [-0.1, -0.05) is 83.9 Å². The minimum absolute atomic E-state index is 0.285. The molecule has 6 aromatic rings. The maximum absolute atomic E-state index is 14.1. The number of nitrogens with zero attached hydrogens (tertiary/aromatic N) is 1. The molecule has 0 bridgehead atoms. The normalized spacial score (nSPS) is 12.1. The van der Waals surface area contributed by atoms with Crippen LogP contribution >= 0.6 is 0 Å². The third-order valence-electron chi connectivity index (χ3n) is 6.79. The molecule has 0 aliphatic carbocycles. The van der Waals surface area contributed by atoms with Gasteiger partial charge in [-0.25, -0.2) is 12.4 Å². The summed E-state index contributed by atoms with van der Waals surface area (Å²) in [5, 5.41) is 4.09. The quantitative estimate of drug-likeness (QED) is 0.262. The topological polar surface area (TPSA) is 39.1 Å². The molecule has 0 radical (unpaired) electrons. The summed E-state index contributed by atoms with van der Waals surface area (Å²) in [5.74, 6) is 0. The second-order valence-corrected chi connectivity index (χ2v) is 11.1. The second kappa shape index (κ2) is 7.82. The Kier molecular flexibility index (Phi) is 4.83. The van der Waals surface area contributed by atoms with Crippen LogP contribution in [0.15, 0.2) is 102 Å². The Labute approximate surface area is 205 Å². The lowest BCUT2D eigenvalue weighted by Crippen LogP contribution is -2.12. The maximum Gasteiger partial charge on any atom is 0.268 e. The van der Waals surface area contributed by atoms with Crippen LogP contribution in [0.5, 0.6) is 0 Å². The van der Waals surface area contributed by atoms with E-state index >= 15 is 0 Å². The zero-order valence-electron chi connectivity index (χ0n) is 19.9. The van der Waals surface area contributed by atoms with Gasteiger partial charge in [0.25, 0.3) is 10.0 Å². The molecule has 0 fully saturated rings. The van der Waals surface area contributed by atoms with E-state index in [1.807, 2.05) is 67.6 Å². The van der Waals surface area contributed by atoms with Gasteiger partial charge in [-0.2, -0.15) is 0 Å². The van der Waals surface area contributed by atoms with Crippen LogP contribution in [0.4, 0.5) is 0 Å². The van der Waals surface area contributed by atoms with Crippen molar-refractivity contribution in [1.82, 2.24) is 3.97 Å². The second-order valence-electron chi connectivity index (χ2n) is 9.29. The van der Waals surface area contributed by atoms with Crippen LogP contribution in [0.3, 0.4) is 0 Å². The van der Waals surface area contributed by atoms with E-state index in [2.05, 4.69) is 38.1 Å². The zero-order valence-corrected chi connectivity index (χ0v) is 20.7. The van der Waals surface area contributed by atoms with Crippen molar-refractivity contribution >= 4 is 42.6 Å². The zero-order chi connectivity index (χ0) is 24.3. The lowest BCUT2D eigenvalue weighted by atomic mass is 9.90. The van der Waals surface area contributed by atoms with Gasteiger partial charge in [-0.3, -0.25) is 0 Å². The van der Waals surface area contributed by atoms with Crippen LogP contribution in [0.25, 0.3) is 43.7 Å². The predicted octanol–water partition coefficient (Wildman–Crippen LogP) is 7.78. The summed E-state index contributed by atoms with van der Waals surface area (Å²) in [6.07, 6.45) is 0. The van der Waals surface area contributed by atoms with E-state index in [1.54, 1.807) is 12.1 Å². The van der Waals surface area contributed by atoms with Gasteiger partial charge in [-0.15, -0.1) is 0 Å². The molecule has 3 nitrogen and oxygen atoms in total. The molecule has 0 spiro atoms. The summed E-state index contributed by atoms with van der Waals surface area (Å²) < 4.78 is 29.8. The van der Waals surface area contributed by atoms with Gasteiger partial charge < -0.3 is 0 Å². The Bertz CT molecular complexity index is 1860. The van der Waals surface area contributed by atoms with E-state index in [9.17, 15) is 8.42 Å². The van der Waals surface area contributed by atoms with Crippen molar-refractivity contribution in [3.63, 3.8) is 0 Å². The molecular formula is C31H25NO2S. The average molecular weight is 476 g/mol. The van der Waals surface area contributed by atoms with Gasteiger partial charge in [0.1, 0.15) is 0 Å². The monoisotopic (exact) mass is 475 g/mol. The molecule has 35 heavy (non-hydrogen) atoms. The van der Waals surface area contributed by atoms with E-state index in [-0.39, 0.29) is 4.90 Å². The molecule has 1 aromatic heterocycles. The fourth-order valence-corrected chi connectivity index (χ4v) is 6.83. The number of hydrogen-bond donors (Lipinski definition) is 0. The summed E-state index contributed by atoms with van der Waals surface area (Å²) in [6.45, 7) is 6.17. The van der Waals surface area contributed by atoms with E-state index in [0.29, 0.717) is 11.0 Å². The number of fused-ring (bicyclic) bond motifs is 4. The van der Waals surface area contributed by atoms with Crippen molar-refractivity contribution in [3.05, 3.63) is 114 Å². The fourth-order valence-electron chi connectivity index (χ4n) is 5.32. The van der Waals surface area contributed by atoms with Crippen LogP contribution in [0.2, 0.25) is 0 Å². The molecule has 0 unspecified atom stereocenters. The predicted molar refractivity (Wildman–Crippen MR) is 146 cm³/mol. The molecule has 0 saturated heterocycles. The van der Waals surface area contributed by atoms with Crippen LogP contribution in [-0.2, 0) is 10.0 Å². The highest BCUT2D eigenvalue weighted by atomic mass is 32.2. The van der Waals surface area contributed by atoms with Gasteiger partial charge in [0.15, 0.2) is 0 Å². The Morgan fingerprint density at radius 1 is 0.629 bits per heavy atom. The van der Waals surface area contributed by atoms with Gasteiger partial charge in [-0.05, 0) is 72.5 Å². The Morgan fingerprint density at radius 3 is 2.06 bits per heavy atom. The van der Waals surface area contributed by atoms with Crippen LogP contribution in [0, 0.1) is 20.8 Å². The number of aromatic nitrogens is 1. The highest BCUT2D eigenvalue weighted by molar-refractivity contribution is 7.90. The maximum atomic E-state index is 14.1. The first kappa shape index (κ1) is 21.6. The third-order valence-corrected chi connectivity index (χ3v) is 8.53. The molecule has 6 rings (SSSR count). The van der Waals surface area contributed by atoms with Gasteiger partial charge in [0, 0.05) is 10.8 Å². The molecule has 0 atom stereocenters. The fraction of sp³-hybridized carbons (Fsp3) is 0.0968. The van der Waals surface area contributed by atoms with Crippen molar-refractivity contribution in [3.8, 4) is 11.1 Å². The molecule has 0 saturated carbocycles. The molecule has 0 aliphatic rings. The molecule has 0 amide bonds. The van der Waals surface area contributed by atoms with E-state index in [0.717, 1.165) is 43.8 Å². The molecule has 0 aliphatic heterocycles. The number of para-hydroxylation sites is 1. The molecule has 4 heteroatoms. The first-order valence-corrected chi connectivity index (χ1v) is 13.1. The molecule has 172 valence electrons. The molecule has 0 N–H and O–H groups in total. The van der Waals surface area contributed by atoms with E-state index < -0.39 is 10.0 Å². The minimum atomic E-state index is -3.84. The Balaban J connectivity index is 1.87. The Morgan fingerprint density at radius 2 is 1.31 bits per heavy atom. The lowest BCUT2D eigenvalue weighted by molar-refractivity contribution is 0.590. The summed E-state index contributed by atoms with van der Waals surface area (Å²) in [4.78, 5) is 0.285. The summed E-state index contributed by atoms with van der Waals surface area (Å²) in [5.41, 5.74) is 6.88. The largest absolute Gasteiger partial charge is 0.268 e. The first-order chi connectivity index (χ1) is 16.9. The van der Waals surface area contributed by atoms with Crippen molar-refractivity contribution in [2.45, 2.75) is 25.7 Å². The van der Waals surface area contributed by atoms with Crippen LogP contribution in [-0.4, -0.2) is 12.4 Å². The van der Waals surface area contributed by atoms with Gasteiger partial charge in [0.05, 0.1) is 15.9 Å². The average Bonchev–Trinajstić information content (AvgIpc) is 3.18.